The Labute approximate surface area is 285 Å². The van der Waals surface area contributed by atoms with Gasteiger partial charge >= 0.3 is 0 Å². The summed E-state index contributed by atoms with van der Waals surface area (Å²) in [5.41, 5.74) is 12.6. The number of hydrogen-bond acceptors (Lipinski definition) is 2. The zero-order valence-corrected chi connectivity index (χ0v) is 27.4. The molecule has 0 radical (unpaired) electrons. The van der Waals surface area contributed by atoms with Crippen LogP contribution in [0.4, 0.5) is 17.1 Å². The molecule has 0 N–H and O–H groups in total. The van der Waals surface area contributed by atoms with Gasteiger partial charge in [-0.3, -0.25) is 0 Å². The van der Waals surface area contributed by atoms with Crippen molar-refractivity contribution in [2.45, 2.75) is 19.3 Å². The standard InChI is InChI=1S/C47H33NO/c1-47(2)40-22-9-7-18-35(40)39-29-32(26-27-41(39)47)48(43-23-12-21-38-36-19-8-10-24-44(36)49-46(38)43)42-28-25-31-14-4-6-17-34(31)45(42)37-20-11-15-30-13-3-5-16-33(30)37/h3-29H,1-2H3. The van der Waals surface area contributed by atoms with Crippen LogP contribution < -0.4 is 4.90 Å². The summed E-state index contributed by atoms with van der Waals surface area (Å²) in [6, 6.07) is 59.5. The summed E-state index contributed by atoms with van der Waals surface area (Å²) in [5, 5.41) is 7.11. The van der Waals surface area contributed by atoms with Gasteiger partial charge in [-0.05, 0) is 79.7 Å². The predicted molar refractivity (Wildman–Crippen MR) is 206 cm³/mol. The molecule has 1 heterocycles. The van der Waals surface area contributed by atoms with Gasteiger partial charge in [-0.1, -0.05) is 147 Å². The minimum absolute atomic E-state index is 0.0783. The maximum Gasteiger partial charge on any atom is 0.159 e. The quantitative estimate of drug-likeness (QED) is 0.193. The fraction of sp³-hybridized carbons (Fsp3) is 0.0638. The van der Waals surface area contributed by atoms with Crippen LogP contribution in [0, 0.1) is 0 Å². The topological polar surface area (TPSA) is 16.4 Å². The number of fused-ring (bicyclic) bond motifs is 8. The van der Waals surface area contributed by atoms with Gasteiger partial charge in [0.25, 0.3) is 0 Å². The summed E-state index contributed by atoms with van der Waals surface area (Å²) in [7, 11) is 0. The fourth-order valence-electron chi connectivity index (χ4n) is 8.34. The van der Waals surface area contributed by atoms with Gasteiger partial charge in [0.1, 0.15) is 5.58 Å². The maximum absolute atomic E-state index is 6.75. The Morgan fingerprint density at radius 2 is 1.08 bits per heavy atom. The minimum Gasteiger partial charge on any atom is -0.454 e. The summed E-state index contributed by atoms with van der Waals surface area (Å²) in [5.74, 6) is 0. The van der Waals surface area contributed by atoms with E-state index in [1.165, 1.54) is 54.9 Å². The molecule has 10 rings (SSSR count). The Morgan fingerprint density at radius 3 is 1.96 bits per heavy atom. The van der Waals surface area contributed by atoms with Crippen molar-refractivity contribution in [3.63, 3.8) is 0 Å². The van der Waals surface area contributed by atoms with Crippen molar-refractivity contribution in [1.29, 1.82) is 0 Å². The van der Waals surface area contributed by atoms with Crippen molar-refractivity contribution in [2.75, 3.05) is 4.90 Å². The number of nitrogens with zero attached hydrogens (tertiary/aromatic N) is 1. The normalized spacial score (nSPS) is 13.3. The van der Waals surface area contributed by atoms with Gasteiger partial charge in [0.2, 0.25) is 0 Å². The van der Waals surface area contributed by atoms with Crippen LogP contribution in [0.25, 0.3) is 65.7 Å². The molecule has 1 aromatic heterocycles. The molecule has 0 bridgehead atoms. The predicted octanol–water partition coefficient (Wildman–Crippen LogP) is 13.3. The average Bonchev–Trinajstić information content (AvgIpc) is 3.64. The minimum atomic E-state index is -0.0783. The van der Waals surface area contributed by atoms with E-state index in [9.17, 15) is 0 Å². The SMILES string of the molecule is CC1(C)c2ccccc2-c2cc(N(c3ccc4ccccc4c3-c3cccc4ccccc34)c3cccc4c3oc3ccccc34)ccc21. The molecule has 232 valence electrons. The lowest BCUT2D eigenvalue weighted by atomic mass is 9.82. The van der Waals surface area contributed by atoms with E-state index >= 15 is 0 Å². The number of anilines is 3. The number of hydrogen-bond donors (Lipinski definition) is 0. The third-order valence-electron chi connectivity index (χ3n) is 10.7. The van der Waals surface area contributed by atoms with E-state index in [1.807, 2.05) is 6.07 Å². The van der Waals surface area contributed by atoms with Crippen molar-refractivity contribution < 1.29 is 4.42 Å². The van der Waals surface area contributed by atoms with E-state index in [-0.39, 0.29) is 5.41 Å². The highest BCUT2D eigenvalue weighted by molar-refractivity contribution is 6.14. The van der Waals surface area contributed by atoms with Crippen LogP contribution in [0.1, 0.15) is 25.0 Å². The molecule has 49 heavy (non-hydrogen) atoms. The Kier molecular flexibility index (Phi) is 5.95. The summed E-state index contributed by atoms with van der Waals surface area (Å²) in [6.45, 7) is 4.68. The van der Waals surface area contributed by atoms with E-state index in [0.717, 1.165) is 39.0 Å². The lowest BCUT2D eigenvalue weighted by Crippen LogP contribution is -2.15. The first-order valence-electron chi connectivity index (χ1n) is 17.0. The van der Waals surface area contributed by atoms with Crippen LogP contribution >= 0.6 is 0 Å². The maximum atomic E-state index is 6.75. The van der Waals surface area contributed by atoms with Crippen molar-refractivity contribution >= 4 is 60.5 Å². The zero-order chi connectivity index (χ0) is 32.7. The lowest BCUT2D eigenvalue weighted by Gasteiger charge is -2.30. The molecule has 2 nitrogen and oxygen atoms in total. The Bertz CT molecular complexity index is 2760. The molecule has 1 aliphatic rings. The molecule has 0 amide bonds. The van der Waals surface area contributed by atoms with Gasteiger partial charge in [-0.15, -0.1) is 0 Å². The number of rotatable bonds is 4. The zero-order valence-electron chi connectivity index (χ0n) is 27.4. The van der Waals surface area contributed by atoms with Gasteiger partial charge in [0.05, 0.1) is 11.4 Å². The molecule has 0 atom stereocenters. The van der Waals surface area contributed by atoms with E-state index < -0.39 is 0 Å². The van der Waals surface area contributed by atoms with Crippen LogP contribution in [-0.2, 0) is 5.41 Å². The van der Waals surface area contributed by atoms with E-state index in [4.69, 9.17) is 4.42 Å². The Hall–Kier alpha value is -6.12. The summed E-state index contributed by atoms with van der Waals surface area (Å²) in [4.78, 5) is 2.43. The number of furan rings is 1. The van der Waals surface area contributed by atoms with Crippen molar-refractivity contribution in [3.05, 3.63) is 175 Å². The van der Waals surface area contributed by atoms with Crippen LogP contribution in [0.3, 0.4) is 0 Å². The second-order valence-electron chi connectivity index (χ2n) is 13.7. The Balaban J connectivity index is 1.33. The fourth-order valence-corrected chi connectivity index (χ4v) is 8.34. The first-order valence-corrected chi connectivity index (χ1v) is 17.0. The van der Waals surface area contributed by atoms with Crippen molar-refractivity contribution in [2.24, 2.45) is 0 Å². The summed E-state index contributed by atoms with van der Waals surface area (Å²) in [6.07, 6.45) is 0. The van der Waals surface area contributed by atoms with Gasteiger partial charge in [-0.2, -0.15) is 0 Å². The molecule has 8 aromatic carbocycles. The molecular weight excluding hydrogens is 595 g/mol. The van der Waals surface area contributed by atoms with E-state index in [1.54, 1.807) is 0 Å². The highest BCUT2D eigenvalue weighted by Crippen LogP contribution is 2.53. The molecule has 0 spiro atoms. The molecule has 2 heteroatoms. The van der Waals surface area contributed by atoms with Crippen molar-refractivity contribution in [1.82, 2.24) is 0 Å². The Morgan fingerprint density at radius 1 is 0.449 bits per heavy atom. The second-order valence-corrected chi connectivity index (χ2v) is 13.7. The molecule has 0 saturated heterocycles. The smallest absolute Gasteiger partial charge is 0.159 e. The third kappa shape index (κ3) is 4.07. The van der Waals surface area contributed by atoms with Gasteiger partial charge in [0.15, 0.2) is 5.58 Å². The highest BCUT2D eigenvalue weighted by atomic mass is 16.3. The molecule has 0 saturated carbocycles. The summed E-state index contributed by atoms with van der Waals surface area (Å²) < 4.78 is 6.75. The second kappa shape index (κ2) is 10.4. The third-order valence-corrected chi connectivity index (χ3v) is 10.7. The summed E-state index contributed by atoms with van der Waals surface area (Å²) >= 11 is 0. The van der Waals surface area contributed by atoms with E-state index in [0.29, 0.717) is 0 Å². The van der Waals surface area contributed by atoms with E-state index in [2.05, 4.69) is 176 Å². The molecule has 0 fully saturated rings. The largest absolute Gasteiger partial charge is 0.454 e. The lowest BCUT2D eigenvalue weighted by molar-refractivity contribution is 0.660. The highest BCUT2D eigenvalue weighted by Gasteiger charge is 2.36. The van der Waals surface area contributed by atoms with Crippen molar-refractivity contribution in [3.8, 4) is 22.3 Å². The van der Waals surface area contributed by atoms with Gasteiger partial charge in [0, 0.05) is 27.4 Å². The molecule has 9 aromatic rings. The van der Waals surface area contributed by atoms with Gasteiger partial charge in [-0.25, -0.2) is 0 Å². The van der Waals surface area contributed by atoms with Crippen LogP contribution in [0.2, 0.25) is 0 Å². The first-order chi connectivity index (χ1) is 24.1. The molecule has 1 aliphatic carbocycles. The van der Waals surface area contributed by atoms with Crippen LogP contribution in [0.5, 0.6) is 0 Å². The molecule has 0 unspecified atom stereocenters. The molecular formula is C47H33NO. The monoisotopic (exact) mass is 627 g/mol. The number of para-hydroxylation sites is 2. The average molecular weight is 628 g/mol. The van der Waals surface area contributed by atoms with Crippen LogP contribution in [-0.4, -0.2) is 0 Å². The first kappa shape index (κ1) is 27.9. The molecule has 0 aliphatic heterocycles. The van der Waals surface area contributed by atoms with Gasteiger partial charge < -0.3 is 9.32 Å². The number of benzene rings is 8. The van der Waals surface area contributed by atoms with Crippen LogP contribution in [0.15, 0.2) is 168 Å².